The van der Waals surface area contributed by atoms with Crippen LogP contribution in [-0.4, -0.2) is 33.0 Å². The molecule has 0 bridgehead atoms. The Morgan fingerprint density at radius 3 is 2.30 bits per heavy atom. The van der Waals surface area contributed by atoms with Gasteiger partial charge in [-0.1, -0.05) is 0 Å². The van der Waals surface area contributed by atoms with Gasteiger partial charge in [0, 0.05) is 31.0 Å². The van der Waals surface area contributed by atoms with Crippen molar-refractivity contribution < 1.29 is 26.8 Å². The predicted octanol–water partition coefficient (Wildman–Crippen LogP) is 2.52. The third kappa shape index (κ3) is 6.14. The minimum Gasteiger partial charge on any atom is -0.352 e. The monoisotopic (exact) mass is 396 g/mol. The van der Waals surface area contributed by atoms with Crippen molar-refractivity contribution in [2.45, 2.75) is 17.7 Å². The van der Waals surface area contributed by atoms with E-state index in [1.165, 1.54) is 24.3 Å². The molecule has 2 aromatic carbocycles. The Morgan fingerprint density at radius 2 is 1.70 bits per heavy atom. The SMILES string of the molecule is CS(=O)(=O)c1ccc(NC(=O)CCCNC(=O)c2ccc(F)cc2F)cc1. The Kier molecular flexibility index (Phi) is 6.62. The van der Waals surface area contributed by atoms with E-state index < -0.39 is 27.4 Å². The van der Waals surface area contributed by atoms with Gasteiger partial charge in [-0.15, -0.1) is 0 Å². The van der Waals surface area contributed by atoms with E-state index in [1.54, 1.807) is 0 Å². The topological polar surface area (TPSA) is 92.3 Å². The highest BCUT2D eigenvalue weighted by molar-refractivity contribution is 7.90. The zero-order valence-corrected chi connectivity index (χ0v) is 15.3. The maximum Gasteiger partial charge on any atom is 0.254 e. The van der Waals surface area contributed by atoms with E-state index in [1.807, 2.05) is 0 Å². The number of nitrogens with one attached hydrogen (secondary N) is 2. The van der Waals surface area contributed by atoms with E-state index in [0.717, 1.165) is 18.4 Å². The fourth-order valence-electron chi connectivity index (χ4n) is 2.23. The molecule has 2 aromatic rings. The van der Waals surface area contributed by atoms with Gasteiger partial charge in [0.1, 0.15) is 11.6 Å². The van der Waals surface area contributed by atoms with Crippen LogP contribution in [0.2, 0.25) is 0 Å². The van der Waals surface area contributed by atoms with Crippen LogP contribution in [0.4, 0.5) is 14.5 Å². The van der Waals surface area contributed by atoms with Gasteiger partial charge in [-0.25, -0.2) is 17.2 Å². The Labute approximate surface area is 155 Å². The van der Waals surface area contributed by atoms with Crippen LogP contribution in [0.1, 0.15) is 23.2 Å². The molecule has 0 saturated heterocycles. The van der Waals surface area contributed by atoms with Crippen molar-refractivity contribution in [3.05, 3.63) is 59.7 Å². The molecule has 2 N–H and O–H groups in total. The van der Waals surface area contributed by atoms with E-state index in [-0.39, 0.29) is 29.3 Å². The molecule has 0 unspecified atom stereocenters. The van der Waals surface area contributed by atoms with Crippen LogP contribution in [0.3, 0.4) is 0 Å². The molecule has 0 radical (unpaired) electrons. The summed E-state index contributed by atoms with van der Waals surface area (Å²) >= 11 is 0. The van der Waals surface area contributed by atoms with Gasteiger partial charge in [0.2, 0.25) is 5.91 Å². The molecule has 0 fully saturated rings. The summed E-state index contributed by atoms with van der Waals surface area (Å²) in [7, 11) is -3.30. The van der Waals surface area contributed by atoms with Gasteiger partial charge in [-0.05, 0) is 42.8 Å². The summed E-state index contributed by atoms with van der Waals surface area (Å²) in [6.07, 6.45) is 1.49. The van der Waals surface area contributed by atoms with Gasteiger partial charge in [0.25, 0.3) is 5.91 Å². The number of rotatable bonds is 7. The van der Waals surface area contributed by atoms with Crippen molar-refractivity contribution in [3.63, 3.8) is 0 Å². The summed E-state index contributed by atoms with van der Waals surface area (Å²) < 4.78 is 49.0. The fraction of sp³-hybridized carbons (Fsp3) is 0.222. The number of halogens is 2. The van der Waals surface area contributed by atoms with Crippen molar-refractivity contribution in [2.24, 2.45) is 0 Å². The zero-order valence-electron chi connectivity index (χ0n) is 14.5. The largest absolute Gasteiger partial charge is 0.352 e. The zero-order chi connectivity index (χ0) is 20.0. The van der Waals surface area contributed by atoms with Crippen molar-refractivity contribution in [3.8, 4) is 0 Å². The summed E-state index contributed by atoms with van der Waals surface area (Å²) in [6, 6.07) is 8.40. The number of benzene rings is 2. The summed E-state index contributed by atoms with van der Waals surface area (Å²) in [5.74, 6) is -2.73. The van der Waals surface area contributed by atoms with Crippen molar-refractivity contribution >= 4 is 27.3 Å². The summed E-state index contributed by atoms with van der Waals surface area (Å²) in [5.41, 5.74) is 0.177. The van der Waals surface area contributed by atoms with E-state index >= 15 is 0 Å². The van der Waals surface area contributed by atoms with E-state index in [0.29, 0.717) is 18.2 Å². The van der Waals surface area contributed by atoms with Crippen LogP contribution in [0.5, 0.6) is 0 Å². The lowest BCUT2D eigenvalue weighted by molar-refractivity contribution is -0.116. The normalized spacial score (nSPS) is 11.1. The van der Waals surface area contributed by atoms with Crippen LogP contribution >= 0.6 is 0 Å². The van der Waals surface area contributed by atoms with Crippen LogP contribution in [-0.2, 0) is 14.6 Å². The second-order valence-corrected chi connectivity index (χ2v) is 7.84. The van der Waals surface area contributed by atoms with E-state index in [9.17, 15) is 26.8 Å². The third-order valence-corrected chi connectivity index (χ3v) is 4.74. The van der Waals surface area contributed by atoms with Crippen LogP contribution < -0.4 is 10.6 Å². The predicted molar refractivity (Wildman–Crippen MR) is 96.1 cm³/mol. The number of hydrogen-bond acceptors (Lipinski definition) is 4. The highest BCUT2D eigenvalue weighted by atomic mass is 32.2. The van der Waals surface area contributed by atoms with E-state index in [4.69, 9.17) is 0 Å². The van der Waals surface area contributed by atoms with Gasteiger partial charge >= 0.3 is 0 Å². The average molecular weight is 396 g/mol. The standard InChI is InChI=1S/C18H18F2N2O4S/c1-27(25,26)14-7-5-13(6-8-14)22-17(23)3-2-10-21-18(24)15-9-4-12(19)11-16(15)20/h4-9,11H,2-3,10H2,1H3,(H,21,24)(H,22,23). The number of amides is 2. The first-order valence-electron chi connectivity index (χ1n) is 8.00. The van der Waals surface area contributed by atoms with Crippen LogP contribution in [0, 0.1) is 11.6 Å². The molecule has 0 aliphatic rings. The molecule has 0 aliphatic carbocycles. The molecule has 0 saturated carbocycles. The molecule has 0 spiro atoms. The Bertz CT molecular complexity index is 944. The van der Waals surface area contributed by atoms with Crippen LogP contribution in [0.25, 0.3) is 0 Å². The van der Waals surface area contributed by atoms with Gasteiger partial charge in [-0.2, -0.15) is 0 Å². The average Bonchev–Trinajstić information content (AvgIpc) is 2.58. The highest BCUT2D eigenvalue weighted by Gasteiger charge is 2.12. The van der Waals surface area contributed by atoms with E-state index in [2.05, 4.69) is 10.6 Å². The Balaban J connectivity index is 1.77. The first kappa shape index (κ1) is 20.5. The fourth-order valence-corrected chi connectivity index (χ4v) is 2.86. The lowest BCUT2D eigenvalue weighted by atomic mass is 10.2. The van der Waals surface area contributed by atoms with Crippen molar-refractivity contribution in [1.29, 1.82) is 0 Å². The molecule has 2 rings (SSSR count). The molecule has 6 nitrogen and oxygen atoms in total. The molecule has 0 aromatic heterocycles. The Morgan fingerprint density at radius 1 is 1.04 bits per heavy atom. The molecule has 0 atom stereocenters. The minimum atomic E-state index is -3.30. The molecule has 0 aliphatic heterocycles. The maximum atomic E-state index is 13.5. The second-order valence-electron chi connectivity index (χ2n) is 5.83. The molecule has 2 amide bonds. The molecule has 0 heterocycles. The van der Waals surface area contributed by atoms with Crippen molar-refractivity contribution in [2.75, 3.05) is 18.1 Å². The smallest absolute Gasteiger partial charge is 0.254 e. The number of sulfone groups is 1. The maximum absolute atomic E-state index is 13.5. The van der Waals surface area contributed by atoms with Crippen molar-refractivity contribution in [1.82, 2.24) is 5.32 Å². The second kappa shape index (κ2) is 8.72. The van der Waals surface area contributed by atoms with Gasteiger partial charge < -0.3 is 10.6 Å². The quantitative estimate of drug-likeness (QED) is 0.704. The van der Waals surface area contributed by atoms with Gasteiger partial charge in [-0.3, -0.25) is 9.59 Å². The molecular weight excluding hydrogens is 378 g/mol. The highest BCUT2D eigenvalue weighted by Crippen LogP contribution is 2.14. The summed E-state index contributed by atoms with van der Waals surface area (Å²) in [6.45, 7) is 0.135. The lowest BCUT2D eigenvalue weighted by Crippen LogP contribution is -2.26. The van der Waals surface area contributed by atoms with Crippen LogP contribution in [0.15, 0.2) is 47.4 Å². The first-order valence-corrected chi connectivity index (χ1v) is 9.89. The molecule has 144 valence electrons. The number of hydrogen-bond donors (Lipinski definition) is 2. The molecule has 27 heavy (non-hydrogen) atoms. The molecular formula is C18H18F2N2O4S. The molecule has 9 heteroatoms. The number of carbonyl (C=O) groups is 2. The third-order valence-electron chi connectivity index (χ3n) is 3.61. The van der Waals surface area contributed by atoms with Gasteiger partial charge in [0.15, 0.2) is 9.84 Å². The Hall–Kier alpha value is -2.81. The number of anilines is 1. The summed E-state index contributed by atoms with van der Waals surface area (Å²) in [5, 5.41) is 5.06. The lowest BCUT2D eigenvalue weighted by Gasteiger charge is -2.08. The minimum absolute atomic E-state index is 0.0972. The summed E-state index contributed by atoms with van der Waals surface area (Å²) in [4.78, 5) is 23.8. The number of carbonyl (C=O) groups excluding carboxylic acids is 2. The first-order chi connectivity index (χ1) is 12.7. The van der Waals surface area contributed by atoms with Gasteiger partial charge in [0.05, 0.1) is 10.5 Å².